The Morgan fingerprint density at radius 1 is 1.31 bits per heavy atom. The lowest BCUT2D eigenvalue weighted by Gasteiger charge is -2.06. The average Bonchev–Trinajstić information content (AvgIpc) is 2.82. The molecule has 0 atom stereocenters. The van der Waals surface area contributed by atoms with Crippen LogP contribution in [0.5, 0.6) is 0 Å². The van der Waals surface area contributed by atoms with Gasteiger partial charge in [0.1, 0.15) is 18.5 Å². The van der Waals surface area contributed by atoms with Crippen molar-refractivity contribution in [3.05, 3.63) is 41.2 Å². The van der Waals surface area contributed by atoms with Gasteiger partial charge in [0.25, 0.3) is 0 Å². The Balaban J connectivity index is 0.000000606. The second kappa shape index (κ2) is 5.61. The van der Waals surface area contributed by atoms with Crippen molar-refractivity contribution < 1.29 is 4.39 Å². The molecule has 0 amide bonds. The van der Waals surface area contributed by atoms with Gasteiger partial charge in [-0.15, -0.1) is 0 Å². The molecule has 0 aliphatic rings. The molecule has 0 aliphatic carbocycles. The van der Waals surface area contributed by atoms with Crippen LogP contribution in [0.2, 0.25) is 5.02 Å². The molecule has 0 saturated carbocycles. The molecule has 1 aromatic heterocycles. The van der Waals surface area contributed by atoms with E-state index < -0.39 is 5.82 Å². The Kier molecular flexibility index (Phi) is 4.43. The number of hydrogen-bond acceptors (Lipinski definition) is 2. The molecule has 16 heavy (non-hydrogen) atoms. The van der Waals surface area contributed by atoms with E-state index in [9.17, 15) is 4.39 Å². The van der Waals surface area contributed by atoms with Crippen LogP contribution >= 0.6 is 11.6 Å². The summed E-state index contributed by atoms with van der Waals surface area (Å²) in [7, 11) is 0. The van der Waals surface area contributed by atoms with Crippen LogP contribution in [0.25, 0.3) is 5.69 Å². The van der Waals surface area contributed by atoms with Crippen molar-refractivity contribution in [1.29, 1.82) is 0 Å². The number of benzene rings is 1. The highest BCUT2D eigenvalue weighted by Crippen LogP contribution is 2.22. The summed E-state index contributed by atoms with van der Waals surface area (Å²) in [6.45, 7) is 5.65. The maximum absolute atomic E-state index is 13.4. The lowest BCUT2D eigenvalue weighted by molar-refractivity contribution is 0.616. The van der Waals surface area contributed by atoms with E-state index in [1.54, 1.807) is 13.0 Å². The van der Waals surface area contributed by atoms with E-state index in [4.69, 9.17) is 11.6 Å². The molecular formula is C11H13ClFN3. The number of aromatic nitrogens is 3. The number of rotatable bonds is 1. The van der Waals surface area contributed by atoms with Gasteiger partial charge in [0.2, 0.25) is 0 Å². The first kappa shape index (κ1) is 12.6. The van der Waals surface area contributed by atoms with Gasteiger partial charge in [-0.2, -0.15) is 5.10 Å². The molecule has 0 radical (unpaired) electrons. The molecule has 0 N–H and O–H groups in total. The minimum Gasteiger partial charge on any atom is -0.223 e. The van der Waals surface area contributed by atoms with E-state index in [1.165, 1.54) is 23.4 Å². The second-order valence-corrected chi connectivity index (χ2v) is 3.25. The summed E-state index contributed by atoms with van der Waals surface area (Å²) in [6.07, 6.45) is 2.90. The highest BCUT2D eigenvalue weighted by molar-refractivity contribution is 6.30. The summed E-state index contributed by atoms with van der Waals surface area (Å²) in [5, 5.41) is 4.03. The first-order valence-electron chi connectivity index (χ1n) is 5.00. The highest BCUT2D eigenvalue weighted by Gasteiger charge is 2.09. The Labute approximate surface area is 98.9 Å². The predicted octanol–water partition coefficient (Wildman–Crippen LogP) is 3.39. The molecule has 0 bridgehead atoms. The maximum Gasteiger partial charge on any atom is 0.146 e. The lowest BCUT2D eigenvalue weighted by Crippen LogP contribution is -1.99. The summed E-state index contributed by atoms with van der Waals surface area (Å²) in [6, 6.07) is 3.20. The fourth-order valence-electron chi connectivity index (χ4n) is 1.22. The summed E-state index contributed by atoms with van der Waals surface area (Å²) in [5.74, 6) is -0.417. The van der Waals surface area contributed by atoms with Crippen molar-refractivity contribution in [1.82, 2.24) is 14.8 Å². The quantitative estimate of drug-likeness (QED) is 0.766. The third-order valence-corrected chi connectivity index (χ3v) is 2.27. The van der Waals surface area contributed by atoms with Gasteiger partial charge in [0.05, 0.1) is 10.7 Å². The molecule has 2 rings (SSSR count). The summed E-state index contributed by atoms with van der Waals surface area (Å²) < 4.78 is 14.9. The zero-order valence-electron chi connectivity index (χ0n) is 9.41. The van der Waals surface area contributed by atoms with E-state index >= 15 is 0 Å². The normalized spacial score (nSPS) is 9.56. The maximum atomic E-state index is 13.4. The third kappa shape index (κ3) is 2.39. The van der Waals surface area contributed by atoms with Crippen LogP contribution in [0.1, 0.15) is 19.4 Å². The van der Waals surface area contributed by atoms with E-state index in [0.29, 0.717) is 11.3 Å². The van der Waals surface area contributed by atoms with Crippen molar-refractivity contribution in [2.75, 3.05) is 0 Å². The van der Waals surface area contributed by atoms with Crippen molar-refractivity contribution in [2.24, 2.45) is 0 Å². The van der Waals surface area contributed by atoms with Crippen molar-refractivity contribution in [3.63, 3.8) is 0 Å². The minimum absolute atomic E-state index is 0.117. The number of halogens is 2. The summed E-state index contributed by atoms with van der Waals surface area (Å²) >= 11 is 5.63. The number of nitrogens with zero attached hydrogens (tertiary/aromatic N) is 3. The zero-order valence-corrected chi connectivity index (χ0v) is 10.2. The second-order valence-electron chi connectivity index (χ2n) is 2.85. The minimum atomic E-state index is -0.417. The SMILES string of the molecule is CC.Cc1c(-n2cncn2)ccc(Cl)c1F. The molecule has 0 aliphatic heterocycles. The largest absolute Gasteiger partial charge is 0.223 e. The van der Waals surface area contributed by atoms with E-state index in [-0.39, 0.29) is 5.02 Å². The van der Waals surface area contributed by atoms with Crippen LogP contribution in [0.15, 0.2) is 24.8 Å². The van der Waals surface area contributed by atoms with Crippen molar-refractivity contribution >= 4 is 11.6 Å². The van der Waals surface area contributed by atoms with Crippen LogP contribution in [-0.2, 0) is 0 Å². The van der Waals surface area contributed by atoms with Crippen molar-refractivity contribution in [2.45, 2.75) is 20.8 Å². The van der Waals surface area contributed by atoms with E-state index in [1.807, 2.05) is 13.8 Å². The van der Waals surface area contributed by atoms with Gasteiger partial charge in [-0.1, -0.05) is 25.4 Å². The average molecular weight is 242 g/mol. The molecule has 0 spiro atoms. The molecular weight excluding hydrogens is 229 g/mol. The van der Waals surface area contributed by atoms with Gasteiger partial charge in [0, 0.05) is 5.56 Å². The van der Waals surface area contributed by atoms with Gasteiger partial charge >= 0.3 is 0 Å². The van der Waals surface area contributed by atoms with Crippen LogP contribution in [0.3, 0.4) is 0 Å². The highest BCUT2D eigenvalue weighted by atomic mass is 35.5. The van der Waals surface area contributed by atoms with Gasteiger partial charge in [-0.25, -0.2) is 14.1 Å². The Morgan fingerprint density at radius 2 is 2.00 bits per heavy atom. The van der Waals surface area contributed by atoms with Gasteiger partial charge in [-0.05, 0) is 19.1 Å². The molecule has 5 heteroatoms. The third-order valence-electron chi connectivity index (χ3n) is 1.98. The fraction of sp³-hybridized carbons (Fsp3) is 0.273. The van der Waals surface area contributed by atoms with Gasteiger partial charge < -0.3 is 0 Å². The summed E-state index contributed by atoms with van der Waals surface area (Å²) in [5.41, 5.74) is 1.10. The van der Waals surface area contributed by atoms with E-state index in [2.05, 4.69) is 10.1 Å². The van der Waals surface area contributed by atoms with Crippen LogP contribution in [0.4, 0.5) is 4.39 Å². The van der Waals surface area contributed by atoms with Gasteiger partial charge in [-0.3, -0.25) is 0 Å². The molecule has 0 saturated heterocycles. The first-order chi connectivity index (χ1) is 7.70. The smallest absolute Gasteiger partial charge is 0.146 e. The monoisotopic (exact) mass is 241 g/mol. The summed E-state index contributed by atoms with van der Waals surface area (Å²) in [4.78, 5) is 3.79. The molecule has 1 aromatic carbocycles. The molecule has 2 aromatic rings. The predicted molar refractivity (Wildman–Crippen MR) is 62.4 cm³/mol. The first-order valence-corrected chi connectivity index (χ1v) is 5.37. The van der Waals surface area contributed by atoms with Crippen LogP contribution in [-0.4, -0.2) is 14.8 Å². The van der Waals surface area contributed by atoms with Crippen LogP contribution < -0.4 is 0 Å². The standard InChI is InChI=1S/C9H7ClFN3.C2H6/c1-6-8(14-5-12-4-13-14)3-2-7(10)9(6)11;1-2/h2-5H,1H3;1-2H3. The Hall–Kier alpha value is -1.42. The zero-order chi connectivity index (χ0) is 12.1. The van der Waals surface area contributed by atoms with Gasteiger partial charge in [0.15, 0.2) is 0 Å². The molecule has 0 fully saturated rings. The Morgan fingerprint density at radius 3 is 2.56 bits per heavy atom. The van der Waals surface area contributed by atoms with E-state index in [0.717, 1.165) is 0 Å². The molecule has 1 heterocycles. The fourth-order valence-corrected chi connectivity index (χ4v) is 1.43. The Bertz CT molecular complexity index is 455. The van der Waals surface area contributed by atoms with Crippen LogP contribution in [0, 0.1) is 12.7 Å². The molecule has 3 nitrogen and oxygen atoms in total. The number of hydrogen-bond donors (Lipinski definition) is 0. The van der Waals surface area contributed by atoms with Crippen molar-refractivity contribution in [3.8, 4) is 5.69 Å². The molecule has 0 unspecified atom stereocenters. The lowest BCUT2D eigenvalue weighted by atomic mass is 10.2. The molecule has 86 valence electrons. The topological polar surface area (TPSA) is 30.7 Å².